The van der Waals surface area contributed by atoms with E-state index in [9.17, 15) is 5.11 Å². The maximum Gasteiger partial charge on any atom is 0.140 e. The zero-order valence-corrected chi connectivity index (χ0v) is 12.1. The van der Waals surface area contributed by atoms with Gasteiger partial charge in [0.2, 0.25) is 0 Å². The molecule has 0 spiro atoms. The minimum atomic E-state index is -0.270. The topological polar surface area (TPSA) is 61.8 Å². The Morgan fingerprint density at radius 3 is 2.89 bits per heavy atom. The molecule has 0 bridgehead atoms. The van der Waals surface area contributed by atoms with Crippen LogP contribution >= 0.6 is 34.9 Å². The number of hydrazine groups is 1. The van der Waals surface area contributed by atoms with Crippen LogP contribution in [0.4, 0.5) is 5.69 Å². The van der Waals surface area contributed by atoms with Crippen LogP contribution in [0.2, 0.25) is 4.34 Å². The van der Waals surface area contributed by atoms with Crippen LogP contribution in [-0.2, 0) is 0 Å². The lowest BCUT2D eigenvalue weighted by Crippen LogP contribution is -2.49. The molecule has 0 saturated heterocycles. The molecule has 98 valence electrons. The van der Waals surface area contributed by atoms with E-state index in [1.165, 1.54) is 23.3 Å². The summed E-state index contributed by atoms with van der Waals surface area (Å²) in [7, 11) is 0. The third-order valence-corrected chi connectivity index (χ3v) is 5.85. The van der Waals surface area contributed by atoms with Crippen molar-refractivity contribution in [1.82, 2.24) is 0 Å². The van der Waals surface area contributed by atoms with Gasteiger partial charge in [-0.2, -0.15) is 4.40 Å². The zero-order valence-electron chi connectivity index (χ0n) is 9.73. The van der Waals surface area contributed by atoms with Crippen molar-refractivity contribution in [3.8, 4) is 0 Å². The first-order valence-electron chi connectivity index (χ1n) is 5.87. The smallest absolute Gasteiger partial charge is 0.140 e. The number of anilines is 1. The van der Waals surface area contributed by atoms with Crippen molar-refractivity contribution in [2.45, 2.75) is 29.9 Å². The highest BCUT2D eigenvalue weighted by molar-refractivity contribution is 8.00. The molecule has 1 saturated carbocycles. The Morgan fingerprint density at radius 2 is 2.22 bits per heavy atom. The number of nitrogens with two attached hydrogens (primary N) is 1. The molecule has 0 radical (unpaired) electrons. The van der Waals surface area contributed by atoms with E-state index >= 15 is 0 Å². The highest BCUT2D eigenvalue weighted by Crippen LogP contribution is 2.48. The number of hydrogen-bond acceptors (Lipinski definition) is 6. The normalized spacial score (nSPS) is 21.9. The van der Waals surface area contributed by atoms with Gasteiger partial charge in [-0.3, -0.25) is 5.01 Å². The third kappa shape index (κ3) is 1.87. The number of amidine groups is 1. The molecule has 4 nitrogen and oxygen atoms in total. The number of halogens is 1. The summed E-state index contributed by atoms with van der Waals surface area (Å²) in [6.07, 6.45) is 4.14. The number of thiophene rings is 1. The van der Waals surface area contributed by atoms with Crippen molar-refractivity contribution in [3.63, 3.8) is 0 Å². The number of aliphatic hydroxyl groups excluding tert-OH is 1. The van der Waals surface area contributed by atoms with E-state index in [1.54, 1.807) is 5.01 Å². The van der Waals surface area contributed by atoms with Gasteiger partial charge < -0.3 is 5.11 Å². The van der Waals surface area contributed by atoms with Crippen LogP contribution in [0.1, 0.15) is 25.7 Å². The molecule has 3 rings (SSSR count). The molecular formula is C11H14ClN3OS2. The molecule has 0 aromatic carbocycles. The Morgan fingerprint density at radius 1 is 1.50 bits per heavy atom. The molecular weight excluding hydrogens is 290 g/mol. The van der Waals surface area contributed by atoms with Gasteiger partial charge >= 0.3 is 0 Å². The van der Waals surface area contributed by atoms with Gasteiger partial charge in [-0.25, -0.2) is 5.84 Å². The van der Waals surface area contributed by atoms with Gasteiger partial charge in [0.25, 0.3) is 0 Å². The number of hydrogen-bond donors (Lipinski definition) is 2. The largest absolute Gasteiger partial charge is 0.395 e. The Kier molecular flexibility index (Phi) is 3.32. The van der Waals surface area contributed by atoms with Gasteiger partial charge in [0.1, 0.15) is 10.0 Å². The van der Waals surface area contributed by atoms with Crippen LogP contribution in [0.15, 0.2) is 14.7 Å². The monoisotopic (exact) mass is 303 g/mol. The molecule has 1 fully saturated rings. The van der Waals surface area contributed by atoms with Gasteiger partial charge in [-0.15, -0.1) is 11.3 Å². The van der Waals surface area contributed by atoms with Crippen LogP contribution in [0.5, 0.6) is 0 Å². The summed E-state index contributed by atoms with van der Waals surface area (Å²) in [5, 5.41) is 11.4. The van der Waals surface area contributed by atoms with Crippen LogP contribution < -0.4 is 10.9 Å². The van der Waals surface area contributed by atoms with E-state index in [-0.39, 0.29) is 12.0 Å². The summed E-state index contributed by atoms with van der Waals surface area (Å²) in [5.41, 5.74) is 0.633. The number of aliphatic hydroxyl groups is 1. The Labute approximate surface area is 119 Å². The third-order valence-electron chi connectivity index (χ3n) is 3.69. The van der Waals surface area contributed by atoms with E-state index in [4.69, 9.17) is 17.4 Å². The van der Waals surface area contributed by atoms with E-state index < -0.39 is 0 Å². The maximum atomic E-state index is 9.74. The summed E-state index contributed by atoms with van der Waals surface area (Å²) in [6, 6.07) is 1.86. The summed E-state index contributed by atoms with van der Waals surface area (Å²) in [4.78, 5) is 0. The van der Waals surface area contributed by atoms with E-state index in [0.29, 0.717) is 4.34 Å². The Balaban J connectivity index is 1.97. The molecule has 1 aliphatic carbocycles. The lowest BCUT2D eigenvalue weighted by molar-refractivity contribution is 0.188. The number of fused-ring (bicyclic) bond motifs is 1. The molecule has 0 unspecified atom stereocenters. The molecule has 18 heavy (non-hydrogen) atoms. The average molecular weight is 304 g/mol. The van der Waals surface area contributed by atoms with Gasteiger partial charge in [-0.05, 0) is 18.9 Å². The van der Waals surface area contributed by atoms with Crippen molar-refractivity contribution in [3.05, 3.63) is 10.4 Å². The summed E-state index contributed by atoms with van der Waals surface area (Å²) < 4.78 is 6.24. The van der Waals surface area contributed by atoms with E-state index in [2.05, 4.69) is 4.40 Å². The Hall–Kier alpha value is -0.270. The minimum Gasteiger partial charge on any atom is -0.395 e. The van der Waals surface area contributed by atoms with Crippen LogP contribution in [0, 0.1) is 5.41 Å². The molecule has 7 heteroatoms. The highest BCUT2D eigenvalue weighted by Gasteiger charge is 2.43. The fourth-order valence-electron chi connectivity index (χ4n) is 2.67. The molecule has 0 atom stereocenters. The van der Waals surface area contributed by atoms with Crippen LogP contribution in [-0.4, -0.2) is 17.5 Å². The highest BCUT2D eigenvalue weighted by atomic mass is 35.5. The summed E-state index contributed by atoms with van der Waals surface area (Å²) in [6.45, 7) is 0.104. The van der Waals surface area contributed by atoms with Gasteiger partial charge in [-0.1, -0.05) is 24.4 Å². The summed E-state index contributed by atoms with van der Waals surface area (Å²) >= 11 is 8.91. The fraction of sp³-hybridized carbons (Fsp3) is 0.545. The lowest BCUT2D eigenvalue weighted by Gasteiger charge is -2.35. The Bertz CT molecular complexity index is 496. The van der Waals surface area contributed by atoms with Crippen molar-refractivity contribution >= 4 is 46.4 Å². The van der Waals surface area contributed by atoms with Crippen LogP contribution in [0.25, 0.3) is 0 Å². The van der Waals surface area contributed by atoms with Crippen molar-refractivity contribution < 1.29 is 5.11 Å². The predicted octanol–water partition coefficient (Wildman–Crippen LogP) is 3.05. The van der Waals surface area contributed by atoms with Crippen molar-refractivity contribution in [2.24, 2.45) is 15.7 Å². The molecule has 1 aliphatic heterocycles. The maximum absolute atomic E-state index is 9.74. The van der Waals surface area contributed by atoms with E-state index in [0.717, 1.165) is 41.4 Å². The molecule has 1 aromatic rings. The predicted molar refractivity (Wildman–Crippen MR) is 77.3 cm³/mol. The first kappa shape index (κ1) is 12.7. The molecule has 3 N–H and O–H groups in total. The SMILES string of the molecule is NN1C(C2(CO)CCCC2)=NSc2sc(Cl)cc21. The fourth-order valence-corrected chi connectivity index (χ4v) is 4.98. The number of rotatable bonds is 2. The van der Waals surface area contributed by atoms with Gasteiger partial charge in [0.05, 0.1) is 22.0 Å². The molecule has 2 heterocycles. The van der Waals surface area contributed by atoms with Crippen molar-refractivity contribution in [1.29, 1.82) is 0 Å². The van der Waals surface area contributed by atoms with Crippen molar-refractivity contribution in [2.75, 3.05) is 11.6 Å². The second kappa shape index (κ2) is 4.68. The molecule has 2 aliphatic rings. The summed E-state index contributed by atoms with van der Waals surface area (Å²) in [5.74, 6) is 6.96. The first-order valence-corrected chi connectivity index (χ1v) is 7.84. The first-order chi connectivity index (χ1) is 8.66. The van der Waals surface area contributed by atoms with Gasteiger partial charge in [0.15, 0.2) is 0 Å². The second-order valence-corrected chi connectivity index (χ2v) is 7.46. The minimum absolute atomic E-state index is 0.104. The molecule has 0 amide bonds. The standard InChI is InChI=1S/C11H14ClN3OS2/c12-8-5-7-9(17-8)18-14-10(15(7)13)11(6-16)3-1-2-4-11/h5,16H,1-4,6,13H2. The average Bonchev–Trinajstić information content (AvgIpc) is 2.96. The quantitative estimate of drug-likeness (QED) is 0.651. The van der Waals surface area contributed by atoms with Crippen LogP contribution in [0.3, 0.4) is 0 Å². The van der Waals surface area contributed by atoms with Gasteiger partial charge in [0, 0.05) is 11.9 Å². The number of nitrogens with zero attached hydrogens (tertiary/aromatic N) is 2. The lowest BCUT2D eigenvalue weighted by atomic mass is 9.85. The zero-order chi connectivity index (χ0) is 12.8. The van der Waals surface area contributed by atoms with E-state index in [1.807, 2.05) is 6.07 Å². The molecule has 1 aromatic heterocycles. The second-order valence-electron chi connectivity index (χ2n) is 4.74.